The highest BCUT2D eigenvalue weighted by atomic mass is 35.5. The second kappa shape index (κ2) is 4.29. The first-order valence-corrected chi connectivity index (χ1v) is 5.00. The number of hydrogen-bond acceptors (Lipinski definition) is 2. The molecule has 0 aromatic rings. The zero-order valence-corrected chi connectivity index (χ0v) is 8.86. The number of nitrogens with one attached hydrogen (secondary N) is 1. The van der Waals surface area contributed by atoms with Crippen LogP contribution in [-0.4, -0.2) is 30.5 Å². The number of methoxy groups -OCH3 is 1. The van der Waals surface area contributed by atoms with Gasteiger partial charge in [0.25, 0.3) is 0 Å². The van der Waals surface area contributed by atoms with E-state index in [2.05, 4.69) is 5.32 Å². The van der Waals surface area contributed by atoms with Gasteiger partial charge in [-0.3, -0.25) is 4.79 Å². The molecule has 0 heterocycles. The maximum atomic E-state index is 11.1. The third-order valence-electron chi connectivity index (χ3n) is 2.64. The van der Waals surface area contributed by atoms with Gasteiger partial charge < -0.3 is 10.1 Å². The van der Waals surface area contributed by atoms with Crippen molar-refractivity contribution in [1.82, 2.24) is 5.32 Å². The number of rotatable bonds is 4. The number of carbonyl (C=O) groups is 1. The third kappa shape index (κ3) is 2.58. The number of carbonyl (C=O) groups excluding carboxylic acids is 1. The van der Waals surface area contributed by atoms with Gasteiger partial charge in [0, 0.05) is 13.7 Å². The summed E-state index contributed by atoms with van der Waals surface area (Å²) in [5.41, 5.74) is -0.110. The lowest BCUT2D eigenvalue weighted by molar-refractivity contribution is -0.124. The van der Waals surface area contributed by atoms with Crippen molar-refractivity contribution in [2.24, 2.45) is 0 Å². The molecule has 0 bridgehead atoms. The number of alkyl halides is 1. The Bertz CT molecular complexity index is 185. The molecule has 1 atom stereocenters. The van der Waals surface area contributed by atoms with E-state index in [9.17, 15) is 4.79 Å². The van der Waals surface area contributed by atoms with Gasteiger partial charge in [0.2, 0.25) is 5.91 Å². The van der Waals surface area contributed by atoms with Crippen LogP contribution in [0.5, 0.6) is 0 Å². The fraction of sp³-hybridized carbons (Fsp3) is 0.889. The van der Waals surface area contributed by atoms with Crippen molar-refractivity contribution in [3.05, 3.63) is 0 Å². The van der Waals surface area contributed by atoms with E-state index in [1.807, 2.05) is 0 Å². The van der Waals surface area contributed by atoms with Crippen molar-refractivity contribution in [2.75, 3.05) is 13.7 Å². The van der Waals surface area contributed by atoms with Gasteiger partial charge in [0.1, 0.15) is 5.38 Å². The number of hydrogen-bond donors (Lipinski definition) is 1. The molecule has 1 saturated carbocycles. The van der Waals surface area contributed by atoms with Gasteiger partial charge >= 0.3 is 0 Å². The Balaban J connectivity index is 2.28. The first-order valence-electron chi connectivity index (χ1n) is 4.56. The maximum Gasteiger partial charge on any atom is 0.237 e. The molecule has 76 valence electrons. The Morgan fingerprint density at radius 3 is 2.62 bits per heavy atom. The molecule has 0 spiro atoms. The van der Waals surface area contributed by atoms with Crippen LogP contribution in [0.4, 0.5) is 0 Å². The van der Waals surface area contributed by atoms with E-state index in [-0.39, 0.29) is 11.5 Å². The lowest BCUT2D eigenvalue weighted by Gasteiger charge is -2.40. The molecule has 1 aliphatic rings. The minimum atomic E-state index is -0.464. The highest BCUT2D eigenvalue weighted by molar-refractivity contribution is 6.30. The lowest BCUT2D eigenvalue weighted by Crippen LogP contribution is -2.50. The predicted molar refractivity (Wildman–Crippen MR) is 51.9 cm³/mol. The third-order valence-corrected chi connectivity index (χ3v) is 2.84. The SMILES string of the molecule is COC1(CNC(=O)C(C)Cl)CCC1. The van der Waals surface area contributed by atoms with Crippen molar-refractivity contribution < 1.29 is 9.53 Å². The van der Waals surface area contributed by atoms with E-state index in [4.69, 9.17) is 16.3 Å². The molecule has 3 nitrogen and oxygen atoms in total. The molecule has 1 unspecified atom stereocenters. The van der Waals surface area contributed by atoms with Gasteiger partial charge in [0.15, 0.2) is 0 Å². The van der Waals surface area contributed by atoms with Crippen molar-refractivity contribution in [3.8, 4) is 0 Å². The van der Waals surface area contributed by atoms with Crippen LogP contribution in [0.25, 0.3) is 0 Å². The number of amides is 1. The van der Waals surface area contributed by atoms with Gasteiger partial charge in [-0.15, -0.1) is 11.6 Å². The van der Waals surface area contributed by atoms with Crippen LogP contribution in [0.3, 0.4) is 0 Å². The monoisotopic (exact) mass is 205 g/mol. The smallest absolute Gasteiger partial charge is 0.237 e. The molecular weight excluding hydrogens is 190 g/mol. The van der Waals surface area contributed by atoms with E-state index >= 15 is 0 Å². The van der Waals surface area contributed by atoms with Crippen molar-refractivity contribution in [1.29, 1.82) is 0 Å². The first kappa shape index (κ1) is 10.8. The normalized spacial score (nSPS) is 21.8. The summed E-state index contributed by atoms with van der Waals surface area (Å²) in [5, 5.41) is 2.32. The average Bonchev–Trinajstić information content (AvgIpc) is 2.02. The summed E-state index contributed by atoms with van der Waals surface area (Å²) in [7, 11) is 1.69. The fourth-order valence-corrected chi connectivity index (χ4v) is 1.49. The van der Waals surface area contributed by atoms with Crippen LogP contribution >= 0.6 is 11.6 Å². The highest BCUT2D eigenvalue weighted by Gasteiger charge is 2.37. The van der Waals surface area contributed by atoms with Crippen molar-refractivity contribution >= 4 is 17.5 Å². The standard InChI is InChI=1S/C9H16ClNO2/c1-7(10)8(12)11-6-9(13-2)4-3-5-9/h7H,3-6H2,1-2H3,(H,11,12). The van der Waals surface area contributed by atoms with Gasteiger partial charge in [-0.05, 0) is 26.2 Å². The molecule has 0 aromatic heterocycles. The second-order valence-electron chi connectivity index (χ2n) is 3.57. The molecule has 0 aliphatic heterocycles. The van der Waals surface area contributed by atoms with Crippen LogP contribution in [0.1, 0.15) is 26.2 Å². The summed E-state index contributed by atoms with van der Waals surface area (Å²) in [5.74, 6) is -0.120. The van der Waals surface area contributed by atoms with E-state index in [0.717, 1.165) is 12.8 Å². The molecule has 0 radical (unpaired) electrons. The van der Waals surface area contributed by atoms with Crippen LogP contribution < -0.4 is 5.32 Å². The summed E-state index contributed by atoms with van der Waals surface area (Å²) >= 11 is 5.61. The molecule has 1 fully saturated rings. The first-order chi connectivity index (χ1) is 6.09. The Kier molecular flexibility index (Phi) is 3.56. The van der Waals surface area contributed by atoms with Gasteiger partial charge in [-0.25, -0.2) is 0 Å². The lowest BCUT2D eigenvalue weighted by atomic mass is 9.80. The van der Waals surface area contributed by atoms with E-state index in [0.29, 0.717) is 6.54 Å². The van der Waals surface area contributed by atoms with E-state index < -0.39 is 5.38 Å². The summed E-state index contributed by atoms with van der Waals surface area (Å²) in [6.45, 7) is 2.25. The Morgan fingerprint density at radius 1 is 1.69 bits per heavy atom. The molecule has 1 N–H and O–H groups in total. The molecule has 1 rings (SSSR count). The van der Waals surface area contributed by atoms with E-state index in [1.54, 1.807) is 14.0 Å². The largest absolute Gasteiger partial charge is 0.376 e. The average molecular weight is 206 g/mol. The van der Waals surface area contributed by atoms with Gasteiger partial charge in [-0.1, -0.05) is 0 Å². The molecule has 0 saturated heterocycles. The fourth-order valence-electron chi connectivity index (χ4n) is 1.41. The maximum absolute atomic E-state index is 11.1. The van der Waals surface area contributed by atoms with Crippen molar-refractivity contribution in [2.45, 2.75) is 37.2 Å². The summed E-state index contributed by atoms with van der Waals surface area (Å²) in [6.07, 6.45) is 3.24. The molecule has 13 heavy (non-hydrogen) atoms. The molecule has 1 aliphatic carbocycles. The zero-order chi connectivity index (χ0) is 9.90. The van der Waals surface area contributed by atoms with Gasteiger partial charge in [-0.2, -0.15) is 0 Å². The number of ether oxygens (including phenoxy) is 1. The molecule has 1 amide bonds. The Morgan fingerprint density at radius 2 is 2.31 bits per heavy atom. The van der Waals surface area contributed by atoms with Crippen LogP contribution in [-0.2, 0) is 9.53 Å². The minimum absolute atomic E-state index is 0.110. The predicted octanol–water partition coefficient (Wildman–Crippen LogP) is 1.30. The Hall–Kier alpha value is -0.280. The van der Waals surface area contributed by atoms with Crippen LogP contribution in [0.15, 0.2) is 0 Å². The second-order valence-corrected chi connectivity index (χ2v) is 4.23. The van der Waals surface area contributed by atoms with Gasteiger partial charge in [0.05, 0.1) is 5.60 Å². The van der Waals surface area contributed by atoms with E-state index in [1.165, 1.54) is 6.42 Å². The quantitative estimate of drug-likeness (QED) is 0.703. The minimum Gasteiger partial charge on any atom is -0.376 e. The topological polar surface area (TPSA) is 38.3 Å². The summed E-state index contributed by atoms with van der Waals surface area (Å²) < 4.78 is 5.35. The van der Waals surface area contributed by atoms with Crippen molar-refractivity contribution in [3.63, 3.8) is 0 Å². The Labute approximate surface area is 83.8 Å². The zero-order valence-electron chi connectivity index (χ0n) is 8.10. The molecule has 0 aromatic carbocycles. The highest BCUT2D eigenvalue weighted by Crippen LogP contribution is 2.34. The molecule has 4 heteroatoms. The summed E-state index contributed by atoms with van der Waals surface area (Å²) in [4.78, 5) is 11.1. The summed E-state index contributed by atoms with van der Waals surface area (Å²) in [6, 6.07) is 0. The number of halogens is 1. The molecular formula is C9H16ClNO2. The van der Waals surface area contributed by atoms with Crippen LogP contribution in [0, 0.1) is 0 Å². The van der Waals surface area contributed by atoms with Crippen LogP contribution in [0.2, 0.25) is 0 Å².